The Kier molecular flexibility index (Phi) is 4.28. The first kappa shape index (κ1) is 14.4. The molecule has 0 aliphatic heterocycles. The van der Waals surface area contributed by atoms with E-state index in [1.54, 1.807) is 24.3 Å². The van der Waals surface area contributed by atoms with Gasteiger partial charge in [-0.05, 0) is 17.7 Å². The fourth-order valence-electron chi connectivity index (χ4n) is 1.57. The molecule has 2 unspecified atom stereocenters. The number of rotatable bonds is 4. The van der Waals surface area contributed by atoms with Gasteiger partial charge in [0.25, 0.3) is 0 Å². The molecule has 8 heteroatoms. The summed E-state index contributed by atoms with van der Waals surface area (Å²) < 4.78 is 0. The third-order valence-corrected chi connectivity index (χ3v) is 3.46. The van der Waals surface area contributed by atoms with Crippen LogP contribution in [0.4, 0.5) is 10.8 Å². The van der Waals surface area contributed by atoms with Gasteiger partial charge >= 0.3 is 0 Å². The summed E-state index contributed by atoms with van der Waals surface area (Å²) in [5.41, 5.74) is 6.64. The normalized spacial score (nSPS) is 13.8. The highest BCUT2D eigenvalue weighted by Gasteiger charge is 2.24. The van der Waals surface area contributed by atoms with Crippen molar-refractivity contribution < 1.29 is 15.0 Å². The minimum Gasteiger partial charge on any atom is -0.399 e. The van der Waals surface area contributed by atoms with E-state index in [2.05, 4.69) is 15.5 Å². The van der Waals surface area contributed by atoms with Gasteiger partial charge in [-0.15, -0.1) is 10.2 Å². The average Bonchev–Trinajstić information content (AvgIpc) is 2.85. The van der Waals surface area contributed by atoms with Crippen molar-refractivity contribution in [1.82, 2.24) is 10.2 Å². The molecule has 0 radical (unpaired) electrons. The number of aliphatic hydroxyl groups excluding tert-OH is 2. The lowest BCUT2D eigenvalue weighted by molar-refractivity contribution is -0.114. The van der Waals surface area contributed by atoms with Crippen LogP contribution in [-0.4, -0.2) is 26.3 Å². The molecule has 0 aliphatic rings. The van der Waals surface area contributed by atoms with E-state index in [1.807, 2.05) is 0 Å². The maximum absolute atomic E-state index is 10.9. The van der Waals surface area contributed by atoms with Crippen molar-refractivity contribution in [2.75, 3.05) is 11.1 Å². The molecule has 1 heterocycles. The van der Waals surface area contributed by atoms with E-state index >= 15 is 0 Å². The Labute approximate surface area is 119 Å². The number of carbonyl (C=O) groups excluding carboxylic acids is 1. The molecule has 1 amide bonds. The van der Waals surface area contributed by atoms with Crippen LogP contribution in [0, 0.1) is 0 Å². The fourth-order valence-corrected chi connectivity index (χ4v) is 2.37. The molecule has 1 aromatic heterocycles. The summed E-state index contributed by atoms with van der Waals surface area (Å²) in [6.45, 7) is 1.35. The van der Waals surface area contributed by atoms with Crippen molar-refractivity contribution in [2.45, 2.75) is 19.1 Å². The number of nitrogen functional groups attached to an aromatic ring is 1. The van der Waals surface area contributed by atoms with E-state index in [0.29, 0.717) is 11.3 Å². The number of nitrogens with zero attached hydrogens (tertiary/aromatic N) is 2. The van der Waals surface area contributed by atoms with Crippen LogP contribution in [0.5, 0.6) is 0 Å². The van der Waals surface area contributed by atoms with Gasteiger partial charge in [0.2, 0.25) is 11.0 Å². The zero-order valence-corrected chi connectivity index (χ0v) is 11.5. The molecular formula is C12H14N4O3S. The van der Waals surface area contributed by atoms with Crippen LogP contribution in [0.3, 0.4) is 0 Å². The molecule has 7 nitrogen and oxygen atoms in total. The van der Waals surface area contributed by atoms with Gasteiger partial charge in [-0.2, -0.15) is 0 Å². The molecule has 0 spiro atoms. The number of carbonyl (C=O) groups is 1. The molecule has 0 aliphatic carbocycles. The first-order chi connectivity index (χ1) is 9.47. The third-order valence-electron chi connectivity index (χ3n) is 2.55. The second-order valence-electron chi connectivity index (χ2n) is 4.18. The number of hydrogen-bond donors (Lipinski definition) is 4. The van der Waals surface area contributed by atoms with E-state index in [9.17, 15) is 15.0 Å². The highest BCUT2D eigenvalue weighted by molar-refractivity contribution is 7.15. The molecule has 5 N–H and O–H groups in total. The van der Waals surface area contributed by atoms with Crippen LogP contribution in [0.15, 0.2) is 24.3 Å². The predicted octanol–water partition coefficient (Wildman–Crippen LogP) is 0.846. The van der Waals surface area contributed by atoms with Crippen molar-refractivity contribution in [3.8, 4) is 0 Å². The Hall–Kier alpha value is -2.03. The molecule has 0 fully saturated rings. The molecule has 1 aromatic carbocycles. The Balaban J connectivity index is 2.13. The predicted molar refractivity (Wildman–Crippen MR) is 75.0 cm³/mol. The van der Waals surface area contributed by atoms with Gasteiger partial charge in [-0.25, -0.2) is 0 Å². The maximum atomic E-state index is 10.9. The van der Waals surface area contributed by atoms with Crippen molar-refractivity contribution >= 4 is 28.1 Å². The van der Waals surface area contributed by atoms with Gasteiger partial charge in [0.1, 0.15) is 12.2 Å². The largest absolute Gasteiger partial charge is 0.399 e. The average molecular weight is 294 g/mol. The van der Waals surface area contributed by atoms with E-state index < -0.39 is 12.2 Å². The molecule has 0 saturated carbocycles. The number of amides is 1. The minimum atomic E-state index is -1.22. The van der Waals surface area contributed by atoms with E-state index in [1.165, 1.54) is 6.92 Å². The number of aromatic nitrogens is 2. The van der Waals surface area contributed by atoms with Crippen LogP contribution < -0.4 is 11.1 Å². The number of anilines is 2. The lowest BCUT2D eigenvalue weighted by Gasteiger charge is -2.15. The summed E-state index contributed by atoms with van der Waals surface area (Å²) in [6.07, 6.45) is -2.37. The van der Waals surface area contributed by atoms with Crippen molar-refractivity contribution in [1.29, 1.82) is 0 Å². The SMILES string of the molecule is CC(=O)Nc1nnc(C(O)C(O)c2ccc(N)cc2)s1. The van der Waals surface area contributed by atoms with E-state index in [0.717, 1.165) is 11.3 Å². The topological polar surface area (TPSA) is 121 Å². The quantitative estimate of drug-likeness (QED) is 0.620. The second-order valence-corrected chi connectivity index (χ2v) is 5.19. The Morgan fingerprint density at radius 1 is 1.25 bits per heavy atom. The monoisotopic (exact) mass is 294 g/mol. The lowest BCUT2D eigenvalue weighted by Crippen LogP contribution is -2.10. The summed E-state index contributed by atoms with van der Waals surface area (Å²) >= 11 is 1.01. The number of benzene rings is 1. The Bertz CT molecular complexity index is 599. The minimum absolute atomic E-state index is 0.220. The zero-order chi connectivity index (χ0) is 14.7. The molecule has 2 aromatic rings. The van der Waals surface area contributed by atoms with Crippen LogP contribution in [0.1, 0.15) is 29.7 Å². The molecule has 0 bridgehead atoms. The molecule has 20 heavy (non-hydrogen) atoms. The zero-order valence-electron chi connectivity index (χ0n) is 10.6. The number of aliphatic hydroxyl groups is 2. The van der Waals surface area contributed by atoms with Gasteiger partial charge in [0.15, 0.2) is 5.01 Å². The van der Waals surface area contributed by atoms with Crippen molar-refractivity contribution in [3.05, 3.63) is 34.8 Å². The summed E-state index contributed by atoms with van der Waals surface area (Å²) in [6, 6.07) is 6.51. The third kappa shape index (κ3) is 3.29. The lowest BCUT2D eigenvalue weighted by atomic mass is 10.0. The number of hydrogen-bond acceptors (Lipinski definition) is 7. The van der Waals surface area contributed by atoms with Gasteiger partial charge in [-0.3, -0.25) is 4.79 Å². The van der Waals surface area contributed by atoms with Crippen LogP contribution >= 0.6 is 11.3 Å². The first-order valence-corrected chi connectivity index (χ1v) is 6.61. The molecule has 106 valence electrons. The van der Waals surface area contributed by atoms with Gasteiger partial charge in [-0.1, -0.05) is 23.5 Å². The van der Waals surface area contributed by atoms with Gasteiger partial charge in [0.05, 0.1) is 0 Å². The smallest absolute Gasteiger partial charge is 0.223 e. The highest BCUT2D eigenvalue weighted by atomic mass is 32.1. The molecule has 2 atom stereocenters. The van der Waals surface area contributed by atoms with E-state index in [-0.39, 0.29) is 16.0 Å². The van der Waals surface area contributed by atoms with Crippen molar-refractivity contribution in [3.63, 3.8) is 0 Å². The molecule has 2 rings (SSSR count). The summed E-state index contributed by atoms with van der Waals surface area (Å²) in [5.74, 6) is -0.277. The second kappa shape index (κ2) is 5.95. The first-order valence-electron chi connectivity index (χ1n) is 5.80. The summed E-state index contributed by atoms with van der Waals surface area (Å²) in [7, 11) is 0. The van der Waals surface area contributed by atoms with Crippen LogP contribution in [0.25, 0.3) is 0 Å². The van der Waals surface area contributed by atoms with Crippen LogP contribution in [0.2, 0.25) is 0 Å². The maximum Gasteiger partial charge on any atom is 0.223 e. The van der Waals surface area contributed by atoms with E-state index in [4.69, 9.17) is 5.73 Å². The Morgan fingerprint density at radius 3 is 2.50 bits per heavy atom. The standard InChI is InChI=1S/C12H14N4O3S/c1-6(17)14-12-16-15-11(20-12)10(19)9(18)7-2-4-8(13)5-3-7/h2-5,9-10,18-19H,13H2,1H3,(H,14,16,17). The molecule has 0 saturated heterocycles. The summed E-state index contributed by atoms with van der Waals surface area (Å²) in [4.78, 5) is 10.9. The number of nitrogens with two attached hydrogens (primary N) is 1. The fraction of sp³-hybridized carbons (Fsp3) is 0.250. The Morgan fingerprint density at radius 2 is 1.90 bits per heavy atom. The highest BCUT2D eigenvalue weighted by Crippen LogP contribution is 2.31. The molecular weight excluding hydrogens is 280 g/mol. The van der Waals surface area contributed by atoms with Gasteiger partial charge in [0, 0.05) is 12.6 Å². The van der Waals surface area contributed by atoms with Crippen molar-refractivity contribution in [2.24, 2.45) is 0 Å². The number of nitrogens with one attached hydrogen (secondary N) is 1. The van der Waals surface area contributed by atoms with Crippen LogP contribution in [-0.2, 0) is 4.79 Å². The van der Waals surface area contributed by atoms with Gasteiger partial charge < -0.3 is 21.3 Å². The summed E-state index contributed by atoms with van der Waals surface area (Å²) in [5, 5.41) is 30.6.